The summed E-state index contributed by atoms with van der Waals surface area (Å²) in [6.45, 7) is 2.03. The van der Waals surface area contributed by atoms with Crippen molar-refractivity contribution in [3.63, 3.8) is 0 Å². The van der Waals surface area contributed by atoms with Gasteiger partial charge in [-0.2, -0.15) is 0 Å². The number of carbonyl (C=O) groups is 1. The summed E-state index contributed by atoms with van der Waals surface area (Å²) in [5.74, 6) is -0.289. The van der Waals surface area contributed by atoms with Gasteiger partial charge in [-0.15, -0.1) is 0 Å². The molecule has 0 spiro atoms. The van der Waals surface area contributed by atoms with Crippen LogP contribution in [-0.2, 0) is 16.6 Å². The number of carbonyl (C=O) groups excluding carboxylic acids is 1. The van der Waals surface area contributed by atoms with Gasteiger partial charge in [0.1, 0.15) is 5.82 Å². The monoisotopic (exact) mass is 316 g/mol. The number of benzene rings is 1. The third-order valence-electron chi connectivity index (χ3n) is 4.45. The predicted molar refractivity (Wildman–Crippen MR) is 85.5 cm³/mol. The summed E-state index contributed by atoms with van der Waals surface area (Å²) in [7, 11) is 0. The molecule has 6 heteroatoms. The molecule has 3 N–H and O–H groups in total. The lowest BCUT2D eigenvalue weighted by molar-refractivity contribution is -0.127. The maximum Gasteiger partial charge on any atom is 0.231 e. The number of amides is 1. The molecule has 1 atom stereocenters. The van der Waals surface area contributed by atoms with Crippen LogP contribution < -0.4 is 10.6 Å². The van der Waals surface area contributed by atoms with Crippen LogP contribution in [0.4, 0.5) is 4.39 Å². The highest BCUT2D eigenvalue weighted by Gasteiger charge is 2.41. The van der Waals surface area contributed by atoms with E-state index < -0.39 is 5.41 Å². The van der Waals surface area contributed by atoms with Gasteiger partial charge in [-0.1, -0.05) is 12.1 Å². The Hall–Kier alpha value is -2.21. The third-order valence-corrected chi connectivity index (χ3v) is 4.45. The summed E-state index contributed by atoms with van der Waals surface area (Å²) in [6.07, 6.45) is 5.78. The molecule has 1 aliphatic rings. The van der Waals surface area contributed by atoms with E-state index in [9.17, 15) is 9.18 Å². The van der Waals surface area contributed by atoms with E-state index in [0.29, 0.717) is 19.5 Å². The molecular weight excluding hydrogens is 295 g/mol. The summed E-state index contributed by atoms with van der Waals surface area (Å²) >= 11 is 0. The number of nitrogens with one attached hydrogen (secondary N) is 3. The molecule has 122 valence electrons. The molecule has 1 saturated heterocycles. The summed E-state index contributed by atoms with van der Waals surface area (Å²) < 4.78 is 13.2. The number of halogens is 1. The molecule has 0 radical (unpaired) electrons. The first kappa shape index (κ1) is 15.7. The van der Waals surface area contributed by atoms with Crippen LogP contribution in [0, 0.1) is 5.82 Å². The minimum absolute atomic E-state index is 0.00387. The smallest absolute Gasteiger partial charge is 0.231 e. The maximum atomic E-state index is 13.2. The number of aromatic amines is 1. The van der Waals surface area contributed by atoms with Gasteiger partial charge in [0, 0.05) is 31.4 Å². The van der Waals surface area contributed by atoms with Crippen LogP contribution in [0.25, 0.3) is 0 Å². The van der Waals surface area contributed by atoms with Gasteiger partial charge in [-0.05, 0) is 37.1 Å². The maximum absolute atomic E-state index is 13.2. The van der Waals surface area contributed by atoms with Crippen molar-refractivity contribution in [3.05, 3.63) is 53.9 Å². The number of hydrogen-bond donors (Lipinski definition) is 3. The number of imidazole rings is 1. The topological polar surface area (TPSA) is 69.8 Å². The molecule has 0 bridgehead atoms. The van der Waals surface area contributed by atoms with Gasteiger partial charge in [-0.25, -0.2) is 9.37 Å². The minimum atomic E-state index is -0.625. The predicted octanol–water partition coefficient (Wildman–Crippen LogP) is 1.53. The quantitative estimate of drug-likeness (QED) is 0.783. The fraction of sp³-hybridized carbons (Fsp3) is 0.412. The first-order valence-corrected chi connectivity index (χ1v) is 7.93. The minimum Gasteiger partial charge on any atom is -0.355 e. The number of H-pyrrole nitrogens is 1. The summed E-state index contributed by atoms with van der Waals surface area (Å²) in [5.41, 5.74) is 1.23. The molecule has 1 aromatic heterocycles. The number of nitrogens with zero attached hydrogens (tertiary/aromatic N) is 1. The lowest BCUT2D eigenvalue weighted by atomic mass is 9.74. The van der Waals surface area contributed by atoms with Crippen molar-refractivity contribution < 1.29 is 9.18 Å². The van der Waals surface area contributed by atoms with Gasteiger partial charge in [0.05, 0.1) is 11.7 Å². The summed E-state index contributed by atoms with van der Waals surface area (Å²) in [5, 5.41) is 6.33. The van der Waals surface area contributed by atoms with Crippen LogP contribution in [0.3, 0.4) is 0 Å². The molecule has 0 saturated carbocycles. The Morgan fingerprint density at radius 3 is 2.83 bits per heavy atom. The Morgan fingerprint density at radius 1 is 1.35 bits per heavy atom. The fourth-order valence-corrected chi connectivity index (χ4v) is 3.15. The number of aromatic nitrogens is 2. The van der Waals surface area contributed by atoms with E-state index in [1.165, 1.54) is 12.1 Å². The van der Waals surface area contributed by atoms with E-state index in [1.807, 2.05) is 0 Å². The van der Waals surface area contributed by atoms with Gasteiger partial charge in [0.2, 0.25) is 5.91 Å². The van der Waals surface area contributed by atoms with Gasteiger partial charge in [0.25, 0.3) is 0 Å². The average molecular weight is 316 g/mol. The van der Waals surface area contributed by atoms with Gasteiger partial charge < -0.3 is 15.6 Å². The number of piperidine rings is 1. The highest BCUT2D eigenvalue weighted by atomic mass is 19.1. The SMILES string of the molecule is O=C(NCCc1cnc[nH]1)[C@@]1(c2ccc(F)cc2)CCCNC1. The normalized spacial score (nSPS) is 21.1. The first-order valence-electron chi connectivity index (χ1n) is 7.93. The highest BCUT2D eigenvalue weighted by Crippen LogP contribution is 2.31. The van der Waals surface area contributed by atoms with Crippen molar-refractivity contribution in [2.75, 3.05) is 19.6 Å². The highest BCUT2D eigenvalue weighted by molar-refractivity contribution is 5.88. The Labute approximate surface area is 134 Å². The van der Waals surface area contributed by atoms with Crippen LogP contribution in [-0.4, -0.2) is 35.5 Å². The van der Waals surface area contributed by atoms with Crippen molar-refractivity contribution in [1.29, 1.82) is 0 Å². The molecule has 23 heavy (non-hydrogen) atoms. The van der Waals surface area contributed by atoms with Crippen molar-refractivity contribution >= 4 is 5.91 Å². The van der Waals surface area contributed by atoms with Gasteiger partial charge in [0.15, 0.2) is 0 Å². The first-order chi connectivity index (χ1) is 11.2. The Bertz CT molecular complexity index is 633. The zero-order chi connectivity index (χ0) is 16.1. The fourth-order valence-electron chi connectivity index (χ4n) is 3.15. The Balaban J connectivity index is 1.72. The summed E-state index contributed by atoms with van der Waals surface area (Å²) in [6, 6.07) is 6.28. The zero-order valence-corrected chi connectivity index (χ0v) is 12.9. The third kappa shape index (κ3) is 3.42. The van der Waals surface area contributed by atoms with E-state index in [4.69, 9.17) is 0 Å². The average Bonchev–Trinajstić information content (AvgIpc) is 3.09. The van der Waals surface area contributed by atoms with E-state index in [-0.39, 0.29) is 11.7 Å². The second-order valence-electron chi connectivity index (χ2n) is 5.95. The molecule has 1 aliphatic heterocycles. The van der Waals surface area contributed by atoms with Crippen molar-refractivity contribution in [2.24, 2.45) is 0 Å². The molecule has 3 rings (SSSR count). The second-order valence-corrected chi connectivity index (χ2v) is 5.95. The van der Waals surface area contributed by atoms with Gasteiger partial charge in [-0.3, -0.25) is 4.79 Å². The standard InChI is InChI=1S/C17H21FN4O/c18-14-4-2-13(3-5-14)17(7-1-8-19-11-17)16(23)21-9-6-15-10-20-12-22-15/h2-5,10,12,19H,1,6-9,11H2,(H,20,22)(H,21,23)/t17-/m0/s1. The molecule has 0 unspecified atom stereocenters. The number of rotatable bonds is 5. The lowest BCUT2D eigenvalue weighted by Gasteiger charge is -2.36. The molecule has 1 amide bonds. The zero-order valence-electron chi connectivity index (χ0n) is 12.9. The molecular formula is C17H21FN4O. The second kappa shape index (κ2) is 6.91. The molecule has 1 fully saturated rings. The van der Waals surface area contributed by atoms with E-state index >= 15 is 0 Å². The van der Waals surface area contributed by atoms with Crippen molar-refractivity contribution in [1.82, 2.24) is 20.6 Å². The van der Waals surface area contributed by atoms with E-state index in [2.05, 4.69) is 20.6 Å². The van der Waals surface area contributed by atoms with Crippen molar-refractivity contribution in [3.8, 4) is 0 Å². The summed E-state index contributed by atoms with van der Waals surface area (Å²) in [4.78, 5) is 19.9. The molecule has 2 heterocycles. The van der Waals surface area contributed by atoms with Crippen molar-refractivity contribution in [2.45, 2.75) is 24.7 Å². The lowest BCUT2D eigenvalue weighted by Crippen LogP contribution is -2.54. The van der Waals surface area contributed by atoms with Gasteiger partial charge >= 0.3 is 0 Å². The van der Waals surface area contributed by atoms with E-state index in [0.717, 1.165) is 30.6 Å². The molecule has 0 aliphatic carbocycles. The van der Waals surface area contributed by atoms with Crippen LogP contribution in [0.1, 0.15) is 24.1 Å². The Morgan fingerprint density at radius 2 is 2.17 bits per heavy atom. The molecule has 5 nitrogen and oxygen atoms in total. The molecule has 2 aromatic rings. The van der Waals surface area contributed by atoms with Crippen LogP contribution in [0.2, 0.25) is 0 Å². The molecule has 1 aromatic carbocycles. The van der Waals surface area contributed by atoms with Crippen LogP contribution in [0.5, 0.6) is 0 Å². The largest absolute Gasteiger partial charge is 0.355 e. The van der Waals surface area contributed by atoms with Crippen LogP contribution >= 0.6 is 0 Å². The van der Waals surface area contributed by atoms with E-state index in [1.54, 1.807) is 24.7 Å². The number of hydrogen-bond acceptors (Lipinski definition) is 3. The van der Waals surface area contributed by atoms with Crippen LogP contribution in [0.15, 0.2) is 36.8 Å². The Kier molecular flexibility index (Phi) is 4.71.